The summed E-state index contributed by atoms with van der Waals surface area (Å²) >= 11 is 1.32. The average Bonchev–Trinajstić information content (AvgIpc) is 3.24. The third-order valence-corrected chi connectivity index (χ3v) is 10.4. The molecule has 0 aromatic heterocycles. The molecule has 7 nitrogen and oxygen atoms in total. The van der Waals surface area contributed by atoms with Gasteiger partial charge in [-0.25, -0.2) is 0 Å². The molecule has 1 fully saturated rings. The number of ether oxygens (including phenoxy) is 3. The van der Waals surface area contributed by atoms with E-state index in [2.05, 4.69) is 24.1 Å². The van der Waals surface area contributed by atoms with Crippen LogP contribution >= 0.6 is 11.8 Å². The smallest absolute Gasteiger partial charge is 0.166 e. The molecule has 3 N–H and O–H groups in total. The number of aromatic hydroxyl groups is 2. The number of phenols is 2. The molecule has 2 aromatic rings. The predicted molar refractivity (Wildman–Crippen MR) is 131 cm³/mol. The van der Waals surface area contributed by atoms with Gasteiger partial charge in [0.15, 0.2) is 17.1 Å². The first-order valence-electron chi connectivity index (χ1n) is 12.1. The van der Waals surface area contributed by atoms with Crippen molar-refractivity contribution in [3.8, 4) is 23.0 Å². The number of hydrogen-bond acceptors (Lipinski definition) is 8. The highest BCUT2D eigenvalue weighted by molar-refractivity contribution is 7.99. The first-order valence-corrected chi connectivity index (χ1v) is 13.1. The van der Waals surface area contributed by atoms with Crippen molar-refractivity contribution in [2.75, 3.05) is 40.2 Å². The fourth-order valence-corrected chi connectivity index (χ4v) is 8.92. The Balaban J connectivity index is 1.62. The monoisotopic (exact) mass is 495 g/mol. The molecule has 184 valence electrons. The molecule has 0 saturated carbocycles. The normalized spacial score (nSPS) is 35.0. The predicted octanol–water partition coefficient (Wildman–Crippen LogP) is 2.81. The van der Waals surface area contributed by atoms with Gasteiger partial charge in [-0.2, -0.15) is 0 Å². The maximum absolute atomic E-state index is 11.7. The first-order chi connectivity index (χ1) is 16.9. The van der Waals surface area contributed by atoms with Crippen LogP contribution in [0.15, 0.2) is 35.2 Å². The standard InChI is InChI=1S/C27H29NO6S/c1-28-9-8-26-19-14-4-5-16(32-2)23(19)34-24(26)27(33-3)7-6-25(26,18(28)12-14)20-15(30)13-17(35-11-10-29)22(31)21(20)27/h4-7,13,18,24,29-31H,8-12H2,1-3H3. The van der Waals surface area contributed by atoms with E-state index in [0.717, 1.165) is 30.7 Å². The Hall–Kier alpha value is -2.39. The van der Waals surface area contributed by atoms with Crippen LogP contribution in [0.5, 0.6) is 23.0 Å². The molecule has 2 heterocycles. The van der Waals surface area contributed by atoms with Crippen molar-refractivity contribution in [1.82, 2.24) is 4.90 Å². The minimum absolute atomic E-state index is 0.0270. The van der Waals surface area contributed by atoms with Crippen molar-refractivity contribution in [2.45, 2.75) is 46.3 Å². The quantitative estimate of drug-likeness (QED) is 0.331. The number of phenolic OH excluding ortho intramolecular Hbond substituents is 2. The summed E-state index contributed by atoms with van der Waals surface area (Å²) in [5.74, 6) is 2.11. The second-order valence-corrected chi connectivity index (χ2v) is 11.5. The van der Waals surface area contributed by atoms with E-state index in [4.69, 9.17) is 14.2 Å². The van der Waals surface area contributed by atoms with Crippen LogP contribution in [0.1, 0.15) is 28.7 Å². The highest BCUT2D eigenvalue weighted by Gasteiger charge is 2.79. The van der Waals surface area contributed by atoms with Crippen LogP contribution in [0.4, 0.5) is 0 Å². The van der Waals surface area contributed by atoms with E-state index in [1.165, 1.54) is 22.9 Å². The molecule has 6 aliphatic rings. The van der Waals surface area contributed by atoms with E-state index in [1.54, 1.807) is 20.3 Å². The molecule has 0 amide bonds. The summed E-state index contributed by atoms with van der Waals surface area (Å²) in [7, 11) is 5.45. The number of benzene rings is 2. The van der Waals surface area contributed by atoms with Gasteiger partial charge in [-0.1, -0.05) is 12.1 Å². The largest absolute Gasteiger partial charge is 0.508 e. The number of aliphatic hydroxyl groups is 1. The van der Waals surface area contributed by atoms with Gasteiger partial charge in [0.25, 0.3) is 0 Å². The van der Waals surface area contributed by atoms with E-state index in [9.17, 15) is 15.3 Å². The Morgan fingerprint density at radius 3 is 2.74 bits per heavy atom. The second kappa shape index (κ2) is 6.88. The van der Waals surface area contributed by atoms with E-state index in [-0.39, 0.29) is 24.1 Å². The van der Waals surface area contributed by atoms with Crippen LogP contribution in [-0.4, -0.2) is 72.5 Å². The lowest BCUT2D eigenvalue weighted by Gasteiger charge is -2.69. The number of hydrogen-bond donors (Lipinski definition) is 3. The first kappa shape index (κ1) is 21.9. The van der Waals surface area contributed by atoms with E-state index in [1.807, 2.05) is 12.1 Å². The second-order valence-electron chi connectivity index (χ2n) is 10.3. The third-order valence-electron chi connectivity index (χ3n) is 9.34. The van der Waals surface area contributed by atoms with Crippen molar-refractivity contribution in [1.29, 1.82) is 0 Å². The Morgan fingerprint density at radius 1 is 1.17 bits per heavy atom. The summed E-state index contributed by atoms with van der Waals surface area (Å²) in [4.78, 5) is 2.92. The maximum Gasteiger partial charge on any atom is 0.166 e. The molecule has 2 aromatic carbocycles. The van der Waals surface area contributed by atoms with Crippen LogP contribution < -0.4 is 9.47 Å². The summed E-state index contributed by atoms with van der Waals surface area (Å²) < 4.78 is 19.0. The Morgan fingerprint density at radius 2 is 2.00 bits per heavy atom. The average molecular weight is 496 g/mol. The molecular formula is C27H29NO6S. The number of methoxy groups -OCH3 is 2. The minimum atomic E-state index is -1.09. The van der Waals surface area contributed by atoms with Gasteiger partial charge in [0.05, 0.1) is 24.0 Å². The number of piperidine rings is 1. The van der Waals surface area contributed by atoms with Gasteiger partial charge >= 0.3 is 0 Å². The van der Waals surface area contributed by atoms with Gasteiger partial charge in [0.2, 0.25) is 0 Å². The van der Waals surface area contributed by atoms with Gasteiger partial charge < -0.3 is 34.4 Å². The fraction of sp³-hybridized carbons (Fsp3) is 0.481. The molecule has 2 spiro atoms. The molecule has 1 saturated heterocycles. The molecule has 5 atom stereocenters. The Bertz CT molecular complexity index is 1310. The number of nitrogens with zero attached hydrogens (tertiary/aromatic N) is 1. The lowest BCUT2D eigenvalue weighted by molar-refractivity contribution is -0.146. The van der Waals surface area contributed by atoms with E-state index < -0.39 is 22.5 Å². The molecule has 4 aliphatic carbocycles. The Labute approximate surface area is 208 Å². The summed E-state index contributed by atoms with van der Waals surface area (Å²) in [6.45, 7) is 0.864. The SMILES string of the molecule is COc1ccc2c3c1OC1C4(OC)C=CC5(c6c(O)cc(SCCO)c(O)c64)C(C2)N(C)CCC315. The zero-order chi connectivity index (χ0) is 24.3. The summed E-state index contributed by atoms with van der Waals surface area (Å²) in [6, 6.07) is 5.86. The van der Waals surface area contributed by atoms with Gasteiger partial charge in [0.1, 0.15) is 17.6 Å². The highest BCUT2D eigenvalue weighted by atomic mass is 32.2. The van der Waals surface area contributed by atoms with Crippen molar-refractivity contribution in [3.63, 3.8) is 0 Å². The summed E-state index contributed by atoms with van der Waals surface area (Å²) in [5, 5.41) is 32.7. The van der Waals surface area contributed by atoms with Gasteiger partial charge in [-0.3, -0.25) is 0 Å². The molecule has 2 aliphatic heterocycles. The van der Waals surface area contributed by atoms with Crippen molar-refractivity contribution < 1.29 is 29.5 Å². The number of thioether (sulfide) groups is 1. The van der Waals surface area contributed by atoms with Gasteiger partial charge in [-0.15, -0.1) is 11.8 Å². The van der Waals surface area contributed by atoms with Crippen LogP contribution in [-0.2, 0) is 27.6 Å². The van der Waals surface area contributed by atoms with Crippen LogP contribution in [0.3, 0.4) is 0 Å². The Kier molecular flexibility index (Phi) is 4.30. The number of rotatable bonds is 5. The minimum Gasteiger partial charge on any atom is -0.508 e. The highest BCUT2D eigenvalue weighted by Crippen LogP contribution is 2.76. The van der Waals surface area contributed by atoms with Crippen molar-refractivity contribution >= 4 is 11.8 Å². The molecule has 4 bridgehead atoms. The zero-order valence-corrected chi connectivity index (χ0v) is 20.8. The summed E-state index contributed by atoms with van der Waals surface area (Å²) in [5.41, 5.74) is 1.58. The molecule has 8 rings (SSSR count). The third kappa shape index (κ3) is 2.15. The van der Waals surface area contributed by atoms with Gasteiger partial charge in [0, 0.05) is 41.0 Å². The van der Waals surface area contributed by atoms with Crippen molar-refractivity contribution in [3.05, 3.63) is 52.6 Å². The van der Waals surface area contributed by atoms with Crippen LogP contribution in [0.2, 0.25) is 0 Å². The fourth-order valence-electron chi connectivity index (χ4n) is 8.18. The number of aliphatic hydroxyl groups excluding tert-OH is 1. The summed E-state index contributed by atoms with van der Waals surface area (Å²) in [6.07, 6.45) is 5.48. The number of likely N-dealkylation sites (tertiary alicyclic amines) is 1. The van der Waals surface area contributed by atoms with Crippen LogP contribution in [0.25, 0.3) is 0 Å². The molecular weight excluding hydrogens is 466 g/mol. The lowest BCUT2D eigenvalue weighted by Crippen LogP contribution is -2.77. The zero-order valence-electron chi connectivity index (χ0n) is 20.0. The molecule has 35 heavy (non-hydrogen) atoms. The lowest BCUT2D eigenvalue weighted by atomic mass is 9.37. The molecule has 0 radical (unpaired) electrons. The van der Waals surface area contributed by atoms with E-state index >= 15 is 0 Å². The van der Waals surface area contributed by atoms with E-state index in [0.29, 0.717) is 22.0 Å². The van der Waals surface area contributed by atoms with Gasteiger partial charge in [-0.05, 0) is 50.2 Å². The topological polar surface area (TPSA) is 91.6 Å². The maximum atomic E-state index is 11.7. The van der Waals surface area contributed by atoms with Crippen molar-refractivity contribution in [2.24, 2.45) is 0 Å². The number of likely N-dealkylation sites (N-methyl/N-ethyl adjacent to an activating group) is 1. The molecule has 5 unspecified atom stereocenters. The van der Waals surface area contributed by atoms with Crippen LogP contribution in [0, 0.1) is 0 Å². The molecule has 8 heteroatoms.